The minimum atomic E-state index is -1.48. The molecule has 7 N–H and O–H groups in total. The van der Waals surface area contributed by atoms with Gasteiger partial charge in [-0.15, -0.1) is 0 Å². The first kappa shape index (κ1) is 28.8. The van der Waals surface area contributed by atoms with Gasteiger partial charge >= 0.3 is 11.9 Å². The molecule has 1 heterocycles. The predicted molar refractivity (Wildman–Crippen MR) is 119 cm³/mol. The minimum Gasteiger partial charge on any atom is -0.481 e. The molecule has 0 aromatic rings. The maximum Gasteiger partial charge on any atom is 0.326 e. The van der Waals surface area contributed by atoms with Crippen LogP contribution in [0.1, 0.15) is 47.0 Å². The fourth-order valence-electron chi connectivity index (χ4n) is 3.47. The number of aliphatic carboxylic acids is 2. The third kappa shape index (κ3) is 8.28. The van der Waals surface area contributed by atoms with Crippen LogP contribution in [0, 0.1) is 11.8 Å². The smallest absolute Gasteiger partial charge is 0.326 e. The zero-order valence-electron chi connectivity index (χ0n) is 19.9. The number of carbonyl (C=O) groups excluding carboxylic acids is 4. The molecular weight excluding hydrogens is 450 g/mol. The maximum absolute atomic E-state index is 13.1. The van der Waals surface area contributed by atoms with Crippen molar-refractivity contribution < 1.29 is 39.0 Å². The van der Waals surface area contributed by atoms with Crippen molar-refractivity contribution in [1.29, 1.82) is 0 Å². The van der Waals surface area contributed by atoms with E-state index in [2.05, 4.69) is 16.0 Å². The van der Waals surface area contributed by atoms with Crippen LogP contribution in [0.3, 0.4) is 0 Å². The van der Waals surface area contributed by atoms with Crippen LogP contribution in [0.15, 0.2) is 0 Å². The van der Waals surface area contributed by atoms with Gasteiger partial charge in [0.05, 0.1) is 19.0 Å². The predicted octanol–water partition coefficient (Wildman–Crippen LogP) is -1.74. The molecule has 0 saturated carbocycles. The molecule has 0 aromatic carbocycles. The van der Waals surface area contributed by atoms with E-state index >= 15 is 0 Å². The Morgan fingerprint density at radius 1 is 1.00 bits per heavy atom. The number of hydrogen-bond acceptors (Lipinski definition) is 7. The van der Waals surface area contributed by atoms with Gasteiger partial charge in [0.25, 0.3) is 0 Å². The van der Waals surface area contributed by atoms with Gasteiger partial charge in [-0.3, -0.25) is 24.0 Å². The lowest BCUT2D eigenvalue weighted by Crippen LogP contribution is -2.57. The average molecular weight is 486 g/mol. The molecule has 34 heavy (non-hydrogen) atoms. The third-order valence-electron chi connectivity index (χ3n) is 5.53. The van der Waals surface area contributed by atoms with Gasteiger partial charge in [-0.25, -0.2) is 4.79 Å². The molecular formula is C21H35N5O8. The Morgan fingerprint density at radius 2 is 1.62 bits per heavy atom. The summed E-state index contributed by atoms with van der Waals surface area (Å²) >= 11 is 0. The van der Waals surface area contributed by atoms with E-state index in [9.17, 15) is 39.0 Å². The van der Waals surface area contributed by atoms with Gasteiger partial charge in [-0.1, -0.05) is 27.7 Å². The lowest BCUT2D eigenvalue weighted by atomic mass is 10.0. The SMILES string of the molecule is CC(C)[C@H](N)C(=O)NCC(=O)N[C@@H](CC(=O)O)C(=O)N1CCC[C@H]1C(=O)N[C@H](C(=O)O)C(C)C. The lowest BCUT2D eigenvalue weighted by molar-refractivity contribution is -0.147. The quantitative estimate of drug-likeness (QED) is 0.185. The number of hydrogen-bond donors (Lipinski definition) is 6. The van der Waals surface area contributed by atoms with Gasteiger partial charge in [-0.2, -0.15) is 0 Å². The molecule has 4 amide bonds. The summed E-state index contributed by atoms with van der Waals surface area (Å²) in [5.74, 6) is -5.94. The summed E-state index contributed by atoms with van der Waals surface area (Å²) in [7, 11) is 0. The van der Waals surface area contributed by atoms with Crippen molar-refractivity contribution >= 4 is 35.6 Å². The zero-order chi connectivity index (χ0) is 26.2. The van der Waals surface area contributed by atoms with Crippen LogP contribution < -0.4 is 21.7 Å². The van der Waals surface area contributed by atoms with Gasteiger partial charge < -0.3 is 36.8 Å². The fourth-order valence-corrected chi connectivity index (χ4v) is 3.47. The highest BCUT2D eigenvalue weighted by Crippen LogP contribution is 2.20. The number of likely N-dealkylation sites (tertiary alicyclic amines) is 1. The third-order valence-corrected chi connectivity index (χ3v) is 5.53. The Balaban J connectivity index is 2.88. The van der Waals surface area contributed by atoms with Crippen molar-refractivity contribution in [3.8, 4) is 0 Å². The van der Waals surface area contributed by atoms with Crippen molar-refractivity contribution in [3.05, 3.63) is 0 Å². The molecule has 1 aliphatic rings. The second-order valence-electron chi connectivity index (χ2n) is 8.96. The summed E-state index contributed by atoms with van der Waals surface area (Å²) in [6, 6.07) is -4.46. The zero-order valence-corrected chi connectivity index (χ0v) is 19.9. The van der Waals surface area contributed by atoms with E-state index in [-0.39, 0.29) is 18.9 Å². The van der Waals surface area contributed by atoms with Crippen molar-refractivity contribution in [3.63, 3.8) is 0 Å². The first-order valence-corrected chi connectivity index (χ1v) is 11.1. The van der Waals surface area contributed by atoms with Crippen LogP contribution in [0.2, 0.25) is 0 Å². The lowest BCUT2D eigenvalue weighted by Gasteiger charge is -2.29. The van der Waals surface area contributed by atoms with Gasteiger partial charge in [0.15, 0.2) is 0 Å². The Bertz CT molecular complexity index is 800. The van der Waals surface area contributed by atoms with Crippen molar-refractivity contribution in [1.82, 2.24) is 20.9 Å². The number of carbonyl (C=O) groups is 6. The number of nitrogens with zero attached hydrogens (tertiary/aromatic N) is 1. The second kappa shape index (κ2) is 12.9. The van der Waals surface area contributed by atoms with Gasteiger partial charge in [0.2, 0.25) is 23.6 Å². The van der Waals surface area contributed by atoms with Crippen LogP contribution in [0.4, 0.5) is 0 Å². The number of amides is 4. The maximum atomic E-state index is 13.1. The molecule has 1 rings (SSSR count). The summed E-state index contributed by atoms with van der Waals surface area (Å²) in [6.45, 7) is 6.34. The average Bonchev–Trinajstić information content (AvgIpc) is 3.23. The van der Waals surface area contributed by atoms with E-state index in [4.69, 9.17) is 5.73 Å². The molecule has 4 atom stereocenters. The number of carboxylic acids is 2. The fraction of sp³-hybridized carbons (Fsp3) is 0.714. The number of nitrogens with one attached hydrogen (secondary N) is 3. The minimum absolute atomic E-state index is 0.141. The molecule has 13 heteroatoms. The summed E-state index contributed by atoms with van der Waals surface area (Å²) in [4.78, 5) is 73.8. The molecule has 0 spiro atoms. The van der Waals surface area contributed by atoms with Gasteiger partial charge in [0.1, 0.15) is 18.1 Å². The van der Waals surface area contributed by atoms with E-state index in [1.165, 1.54) is 0 Å². The Morgan fingerprint density at radius 3 is 2.12 bits per heavy atom. The second-order valence-corrected chi connectivity index (χ2v) is 8.96. The molecule has 192 valence electrons. The van der Waals surface area contributed by atoms with Crippen LogP contribution in [0.5, 0.6) is 0 Å². The van der Waals surface area contributed by atoms with Crippen LogP contribution >= 0.6 is 0 Å². The molecule has 0 aliphatic carbocycles. The molecule has 0 radical (unpaired) electrons. The summed E-state index contributed by atoms with van der Waals surface area (Å²) in [6.07, 6.45) is -0.0301. The first-order chi connectivity index (χ1) is 15.8. The number of rotatable bonds is 12. The van der Waals surface area contributed by atoms with E-state index in [0.29, 0.717) is 6.42 Å². The highest BCUT2D eigenvalue weighted by Gasteiger charge is 2.39. The monoisotopic (exact) mass is 485 g/mol. The van der Waals surface area contributed by atoms with E-state index in [1.807, 2.05) is 0 Å². The highest BCUT2D eigenvalue weighted by atomic mass is 16.4. The van der Waals surface area contributed by atoms with Gasteiger partial charge in [-0.05, 0) is 24.7 Å². The molecule has 1 saturated heterocycles. The molecule has 13 nitrogen and oxygen atoms in total. The Kier molecular flexibility index (Phi) is 10.9. The molecule has 1 fully saturated rings. The topological polar surface area (TPSA) is 208 Å². The largest absolute Gasteiger partial charge is 0.481 e. The van der Waals surface area contributed by atoms with Gasteiger partial charge in [0, 0.05) is 6.54 Å². The first-order valence-electron chi connectivity index (χ1n) is 11.1. The summed E-state index contributed by atoms with van der Waals surface area (Å²) in [5.41, 5.74) is 5.70. The number of carboxylic acid groups (broad SMARTS) is 2. The number of nitrogens with two attached hydrogens (primary N) is 1. The Hall–Kier alpha value is -3.22. The van der Waals surface area contributed by atoms with E-state index in [0.717, 1.165) is 4.90 Å². The molecule has 0 bridgehead atoms. The van der Waals surface area contributed by atoms with Crippen molar-refractivity contribution in [2.45, 2.75) is 71.1 Å². The van der Waals surface area contributed by atoms with Crippen LogP contribution in [0.25, 0.3) is 0 Å². The summed E-state index contributed by atoms with van der Waals surface area (Å²) < 4.78 is 0. The molecule has 1 aliphatic heterocycles. The van der Waals surface area contributed by atoms with E-state index < -0.39 is 78.6 Å². The Labute approximate surface area is 197 Å². The molecule has 0 aromatic heterocycles. The highest BCUT2D eigenvalue weighted by molar-refractivity contribution is 5.96. The van der Waals surface area contributed by atoms with Crippen LogP contribution in [-0.4, -0.2) is 87.9 Å². The normalized spacial score (nSPS) is 18.2. The van der Waals surface area contributed by atoms with Crippen molar-refractivity contribution in [2.75, 3.05) is 13.1 Å². The van der Waals surface area contributed by atoms with Crippen LogP contribution in [-0.2, 0) is 28.8 Å². The molecule has 0 unspecified atom stereocenters. The summed E-state index contributed by atoms with van der Waals surface area (Å²) in [5, 5.41) is 25.6. The van der Waals surface area contributed by atoms with Crippen molar-refractivity contribution in [2.24, 2.45) is 17.6 Å². The standard InChI is InChI=1S/C21H35N5O8/c1-10(2)16(22)19(31)23-9-14(27)24-12(8-15(28)29)20(32)26-7-5-6-13(26)18(30)25-17(11(3)4)21(33)34/h10-13,16-17H,5-9,22H2,1-4H3,(H,23,31)(H,24,27)(H,25,30)(H,28,29)(H,33,34)/t12-,13-,16-,17-/m0/s1. The van der Waals surface area contributed by atoms with E-state index in [1.54, 1.807) is 27.7 Å².